The molecule has 0 spiro atoms. The van der Waals surface area contributed by atoms with E-state index in [0.29, 0.717) is 0 Å². The summed E-state index contributed by atoms with van der Waals surface area (Å²) in [7, 11) is 0. The highest BCUT2D eigenvalue weighted by Gasteiger charge is 2.12. The molecule has 0 amide bonds. The Hall–Kier alpha value is -1.74. The van der Waals surface area contributed by atoms with Crippen LogP contribution in [0.1, 0.15) is 48.3 Å². The fraction of sp³-hybridized carbons (Fsp3) is 0.412. The quantitative estimate of drug-likeness (QED) is 0.874. The van der Waals surface area contributed by atoms with Crippen molar-refractivity contribution in [1.29, 1.82) is 0 Å². The van der Waals surface area contributed by atoms with Gasteiger partial charge in [-0.3, -0.25) is 0 Å². The number of benzene rings is 1. The first-order chi connectivity index (χ1) is 9.70. The van der Waals surface area contributed by atoms with Crippen LogP contribution in [0.5, 0.6) is 0 Å². The molecule has 0 bridgehead atoms. The van der Waals surface area contributed by atoms with E-state index in [0.717, 1.165) is 42.6 Å². The van der Waals surface area contributed by atoms with Gasteiger partial charge in [-0.05, 0) is 49.8 Å². The largest absolute Gasteiger partial charge is 0.324 e. The van der Waals surface area contributed by atoms with Crippen LogP contribution in [0.4, 0.5) is 0 Å². The molecule has 2 aromatic rings. The van der Waals surface area contributed by atoms with Crippen LogP contribution >= 0.6 is 0 Å². The van der Waals surface area contributed by atoms with Gasteiger partial charge >= 0.3 is 0 Å². The zero-order chi connectivity index (χ0) is 14.4. The maximum Gasteiger partial charge on any atom is 0.0676 e. The summed E-state index contributed by atoms with van der Waals surface area (Å²) in [6, 6.07) is 12.7. The van der Waals surface area contributed by atoms with Gasteiger partial charge in [0.15, 0.2) is 0 Å². The lowest BCUT2D eigenvalue weighted by atomic mass is 9.98. The second kappa shape index (κ2) is 7.15. The minimum absolute atomic E-state index is 0.0582. The van der Waals surface area contributed by atoms with Gasteiger partial charge in [0.1, 0.15) is 0 Å². The van der Waals surface area contributed by atoms with Crippen LogP contribution in [0.25, 0.3) is 0 Å². The summed E-state index contributed by atoms with van der Waals surface area (Å²) in [4.78, 5) is 0. The third-order valence-corrected chi connectivity index (χ3v) is 3.58. The van der Waals surface area contributed by atoms with Gasteiger partial charge in [-0.2, -0.15) is 10.2 Å². The Morgan fingerprint density at radius 2 is 1.90 bits per heavy atom. The van der Waals surface area contributed by atoms with Crippen molar-refractivity contribution in [1.82, 2.24) is 10.2 Å². The van der Waals surface area contributed by atoms with Gasteiger partial charge in [0.05, 0.1) is 11.4 Å². The number of aromatic nitrogens is 2. The predicted molar refractivity (Wildman–Crippen MR) is 82.5 cm³/mol. The zero-order valence-electron chi connectivity index (χ0n) is 12.3. The van der Waals surface area contributed by atoms with Crippen molar-refractivity contribution in [3.8, 4) is 0 Å². The standard InChI is InChI=1S/C17H23N3/c1-3-17-15(12-13(2)19-20-17)16(18)11-7-10-14-8-5-4-6-9-14/h4-6,8-9,12,16H,3,7,10-11,18H2,1-2H3. The van der Waals surface area contributed by atoms with E-state index in [1.54, 1.807) is 0 Å². The van der Waals surface area contributed by atoms with Crippen molar-refractivity contribution in [3.05, 3.63) is 58.9 Å². The monoisotopic (exact) mass is 269 g/mol. The topological polar surface area (TPSA) is 51.8 Å². The number of nitrogens with two attached hydrogens (primary N) is 1. The van der Waals surface area contributed by atoms with Crippen molar-refractivity contribution in [3.63, 3.8) is 0 Å². The van der Waals surface area contributed by atoms with Crippen LogP contribution in [-0.4, -0.2) is 10.2 Å². The van der Waals surface area contributed by atoms with Gasteiger partial charge in [0.25, 0.3) is 0 Å². The maximum atomic E-state index is 6.34. The van der Waals surface area contributed by atoms with Crippen LogP contribution in [0.2, 0.25) is 0 Å². The molecule has 1 unspecified atom stereocenters. The molecule has 3 heteroatoms. The number of nitrogens with zero attached hydrogens (tertiary/aromatic N) is 2. The molecule has 0 saturated carbocycles. The third kappa shape index (κ3) is 3.87. The molecule has 106 valence electrons. The maximum absolute atomic E-state index is 6.34. The Balaban J connectivity index is 1.95. The number of hydrogen-bond donors (Lipinski definition) is 1. The predicted octanol–water partition coefficient (Wildman–Crippen LogP) is 3.37. The Morgan fingerprint density at radius 1 is 1.15 bits per heavy atom. The Labute approximate surface area is 121 Å². The fourth-order valence-corrected chi connectivity index (χ4v) is 2.46. The summed E-state index contributed by atoms with van der Waals surface area (Å²) >= 11 is 0. The average molecular weight is 269 g/mol. The molecule has 3 nitrogen and oxygen atoms in total. The molecule has 0 aliphatic heterocycles. The minimum Gasteiger partial charge on any atom is -0.324 e. The summed E-state index contributed by atoms with van der Waals surface area (Å²) in [5, 5.41) is 8.37. The molecule has 1 aromatic carbocycles. The molecule has 0 aliphatic rings. The van der Waals surface area contributed by atoms with Gasteiger partial charge in [0.2, 0.25) is 0 Å². The van der Waals surface area contributed by atoms with E-state index in [1.807, 2.05) is 13.0 Å². The van der Waals surface area contributed by atoms with Crippen LogP contribution in [0, 0.1) is 6.92 Å². The molecular weight excluding hydrogens is 246 g/mol. The van der Waals surface area contributed by atoms with Gasteiger partial charge in [-0.1, -0.05) is 37.3 Å². The van der Waals surface area contributed by atoms with Crippen LogP contribution < -0.4 is 5.73 Å². The molecule has 0 fully saturated rings. The lowest BCUT2D eigenvalue weighted by Crippen LogP contribution is -2.15. The van der Waals surface area contributed by atoms with Crippen LogP contribution in [-0.2, 0) is 12.8 Å². The number of hydrogen-bond acceptors (Lipinski definition) is 3. The van der Waals surface area contributed by atoms with Crippen LogP contribution in [0.15, 0.2) is 36.4 Å². The third-order valence-electron chi connectivity index (χ3n) is 3.58. The minimum atomic E-state index is 0.0582. The molecule has 2 N–H and O–H groups in total. The van der Waals surface area contributed by atoms with E-state index < -0.39 is 0 Å². The molecule has 1 aromatic heterocycles. The van der Waals surface area contributed by atoms with E-state index in [2.05, 4.69) is 47.5 Å². The van der Waals surface area contributed by atoms with Gasteiger partial charge < -0.3 is 5.73 Å². The first kappa shape index (κ1) is 14.7. The summed E-state index contributed by atoms with van der Waals surface area (Å²) in [5.41, 5.74) is 10.8. The molecule has 0 saturated heterocycles. The Morgan fingerprint density at radius 3 is 2.60 bits per heavy atom. The highest BCUT2D eigenvalue weighted by Crippen LogP contribution is 2.20. The normalized spacial score (nSPS) is 12.3. The molecule has 1 atom stereocenters. The number of rotatable bonds is 6. The molecule has 1 heterocycles. The van der Waals surface area contributed by atoms with Crippen molar-refractivity contribution in [2.75, 3.05) is 0 Å². The highest BCUT2D eigenvalue weighted by atomic mass is 15.1. The van der Waals surface area contributed by atoms with Gasteiger partial charge in [-0.25, -0.2) is 0 Å². The summed E-state index contributed by atoms with van der Waals surface area (Å²) < 4.78 is 0. The number of aryl methyl sites for hydroxylation is 3. The second-order valence-corrected chi connectivity index (χ2v) is 5.23. The Bertz CT molecular complexity index is 537. The Kier molecular flexibility index (Phi) is 5.24. The van der Waals surface area contributed by atoms with Crippen LogP contribution in [0.3, 0.4) is 0 Å². The molecular formula is C17H23N3. The van der Waals surface area contributed by atoms with Crippen molar-refractivity contribution >= 4 is 0 Å². The van der Waals surface area contributed by atoms with Crippen molar-refractivity contribution in [2.24, 2.45) is 5.73 Å². The van der Waals surface area contributed by atoms with Crippen molar-refractivity contribution < 1.29 is 0 Å². The van der Waals surface area contributed by atoms with E-state index in [4.69, 9.17) is 5.73 Å². The highest BCUT2D eigenvalue weighted by molar-refractivity contribution is 5.24. The second-order valence-electron chi connectivity index (χ2n) is 5.23. The summed E-state index contributed by atoms with van der Waals surface area (Å²) in [6.45, 7) is 4.06. The molecule has 0 aliphatic carbocycles. The van der Waals surface area contributed by atoms with E-state index >= 15 is 0 Å². The van der Waals surface area contributed by atoms with Gasteiger partial charge in [0, 0.05) is 6.04 Å². The first-order valence-electron chi connectivity index (χ1n) is 7.33. The fourth-order valence-electron chi connectivity index (χ4n) is 2.46. The first-order valence-corrected chi connectivity index (χ1v) is 7.33. The molecule has 20 heavy (non-hydrogen) atoms. The zero-order valence-corrected chi connectivity index (χ0v) is 12.3. The van der Waals surface area contributed by atoms with E-state index in [1.165, 1.54) is 5.56 Å². The lowest BCUT2D eigenvalue weighted by molar-refractivity contribution is 0.599. The average Bonchev–Trinajstić information content (AvgIpc) is 2.48. The smallest absolute Gasteiger partial charge is 0.0676 e. The van der Waals surface area contributed by atoms with Gasteiger partial charge in [-0.15, -0.1) is 0 Å². The van der Waals surface area contributed by atoms with E-state index in [9.17, 15) is 0 Å². The SMILES string of the molecule is CCc1nnc(C)cc1C(N)CCCc1ccccc1. The van der Waals surface area contributed by atoms with Crippen molar-refractivity contribution in [2.45, 2.75) is 45.6 Å². The molecule has 0 radical (unpaired) electrons. The summed E-state index contributed by atoms with van der Waals surface area (Å²) in [5.74, 6) is 0. The summed E-state index contributed by atoms with van der Waals surface area (Å²) in [6.07, 6.45) is 4.03. The molecule has 2 rings (SSSR count). The lowest BCUT2D eigenvalue weighted by Gasteiger charge is -2.15. The van der Waals surface area contributed by atoms with E-state index in [-0.39, 0.29) is 6.04 Å².